The highest BCUT2D eigenvalue weighted by molar-refractivity contribution is 7.90. The van der Waals surface area contributed by atoms with Crippen LogP contribution in [0, 0.1) is 15.9 Å². The molecule has 0 saturated heterocycles. The van der Waals surface area contributed by atoms with E-state index in [2.05, 4.69) is 0 Å². The van der Waals surface area contributed by atoms with Crippen LogP contribution in [0.2, 0.25) is 0 Å². The highest BCUT2D eigenvalue weighted by Crippen LogP contribution is 2.20. The van der Waals surface area contributed by atoms with Crippen LogP contribution in [0.5, 0.6) is 0 Å². The highest BCUT2D eigenvalue weighted by atomic mass is 32.2. The molecule has 1 aromatic carbocycles. The Bertz CT molecular complexity index is 644. The number of nitro groups is 1. The van der Waals surface area contributed by atoms with Gasteiger partial charge >= 0.3 is 0 Å². The lowest BCUT2D eigenvalue weighted by atomic mass is 10.1. The van der Waals surface area contributed by atoms with Crippen molar-refractivity contribution in [2.24, 2.45) is 0 Å². The second-order valence-electron chi connectivity index (χ2n) is 4.28. The SMILES string of the molecule is CN(CCS(C)(=O)=O)C(=O)c1cc(F)ccc1[N+](=O)[O-]. The summed E-state index contributed by atoms with van der Waals surface area (Å²) in [7, 11) is -1.98. The average molecular weight is 304 g/mol. The van der Waals surface area contributed by atoms with E-state index in [-0.39, 0.29) is 12.3 Å². The third kappa shape index (κ3) is 4.26. The van der Waals surface area contributed by atoms with Crippen molar-refractivity contribution in [3.63, 3.8) is 0 Å². The van der Waals surface area contributed by atoms with Crippen LogP contribution in [0.25, 0.3) is 0 Å². The van der Waals surface area contributed by atoms with E-state index in [4.69, 9.17) is 0 Å². The van der Waals surface area contributed by atoms with E-state index in [1.54, 1.807) is 0 Å². The molecule has 1 rings (SSSR count). The summed E-state index contributed by atoms with van der Waals surface area (Å²) < 4.78 is 35.2. The van der Waals surface area contributed by atoms with Gasteiger partial charge in [0.25, 0.3) is 11.6 Å². The number of hydrogen-bond acceptors (Lipinski definition) is 5. The number of rotatable bonds is 5. The fourth-order valence-electron chi connectivity index (χ4n) is 1.45. The third-order valence-electron chi connectivity index (χ3n) is 2.53. The second-order valence-corrected chi connectivity index (χ2v) is 6.53. The molecular weight excluding hydrogens is 291 g/mol. The first kappa shape index (κ1) is 16.0. The maximum atomic E-state index is 13.1. The topological polar surface area (TPSA) is 97.6 Å². The number of sulfone groups is 1. The molecule has 0 atom stereocenters. The lowest BCUT2D eigenvalue weighted by molar-refractivity contribution is -0.385. The van der Waals surface area contributed by atoms with E-state index in [0.717, 1.165) is 29.4 Å². The summed E-state index contributed by atoms with van der Waals surface area (Å²) >= 11 is 0. The molecule has 0 aliphatic rings. The molecule has 0 fully saturated rings. The molecule has 0 unspecified atom stereocenters. The van der Waals surface area contributed by atoms with E-state index >= 15 is 0 Å². The van der Waals surface area contributed by atoms with E-state index in [0.29, 0.717) is 0 Å². The zero-order valence-electron chi connectivity index (χ0n) is 10.9. The Morgan fingerprint density at radius 2 is 2.05 bits per heavy atom. The Balaban J connectivity index is 3.02. The Labute approximate surface area is 115 Å². The molecule has 0 heterocycles. The van der Waals surface area contributed by atoms with Crippen LogP contribution in [0.3, 0.4) is 0 Å². The number of nitro benzene ring substituents is 1. The van der Waals surface area contributed by atoms with Crippen molar-refractivity contribution in [3.8, 4) is 0 Å². The predicted octanol–water partition coefficient (Wildman–Crippen LogP) is 0.850. The molecule has 7 nitrogen and oxygen atoms in total. The van der Waals surface area contributed by atoms with Gasteiger partial charge < -0.3 is 4.90 Å². The Hall–Kier alpha value is -2.03. The van der Waals surface area contributed by atoms with Crippen LogP contribution < -0.4 is 0 Å². The van der Waals surface area contributed by atoms with Crippen molar-refractivity contribution in [2.45, 2.75) is 0 Å². The average Bonchev–Trinajstić information content (AvgIpc) is 2.33. The van der Waals surface area contributed by atoms with Gasteiger partial charge in [-0.3, -0.25) is 14.9 Å². The first-order valence-corrected chi connectivity index (χ1v) is 7.55. The molecule has 1 amide bonds. The molecule has 0 aliphatic carbocycles. The molecule has 0 aromatic heterocycles. The molecule has 9 heteroatoms. The van der Waals surface area contributed by atoms with Crippen molar-refractivity contribution in [1.82, 2.24) is 4.90 Å². The van der Waals surface area contributed by atoms with Gasteiger partial charge in [-0.25, -0.2) is 12.8 Å². The largest absolute Gasteiger partial charge is 0.340 e. The van der Waals surface area contributed by atoms with Gasteiger partial charge in [0, 0.05) is 25.9 Å². The minimum absolute atomic E-state index is 0.134. The monoisotopic (exact) mass is 304 g/mol. The lowest BCUT2D eigenvalue weighted by Gasteiger charge is -2.16. The Morgan fingerprint density at radius 3 is 2.55 bits per heavy atom. The molecule has 0 spiro atoms. The number of nitrogens with zero attached hydrogens (tertiary/aromatic N) is 2. The molecule has 20 heavy (non-hydrogen) atoms. The van der Waals surface area contributed by atoms with Crippen LogP contribution >= 0.6 is 0 Å². The maximum absolute atomic E-state index is 13.1. The molecule has 0 N–H and O–H groups in total. The van der Waals surface area contributed by atoms with Crippen LogP contribution in [0.1, 0.15) is 10.4 Å². The quantitative estimate of drug-likeness (QED) is 0.593. The number of halogens is 1. The number of hydrogen-bond donors (Lipinski definition) is 0. The van der Waals surface area contributed by atoms with Crippen molar-refractivity contribution < 1.29 is 22.5 Å². The molecule has 0 radical (unpaired) electrons. The van der Waals surface area contributed by atoms with Crippen molar-refractivity contribution in [1.29, 1.82) is 0 Å². The number of carbonyl (C=O) groups excluding carboxylic acids is 1. The van der Waals surface area contributed by atoms with Crippen molar-refractivity contribution >= 4 is 21.4 Å². The van der Waals surface area contributed by atoms with Gasteiger partial charge in [-0.2, -0.15) is 0 Å². The van der Waals surface area contributed by atoms with E-state index < -0.39 is 37.7 Å². The van der Waals surface area contributed by atoms with Gasteiger partial charge in [0.05, 0.1) is 10.7 Å². The van der Waals surface area contributed by atoms with Gasteiger partial charge in [0.15, 0.2) is 0 Å². The van der Waals surface area contributed by atoms with Crippen molar-refractivity contribution in [3.05, 3.63) is 39.7 Å². The molecular formula is C11H13FN2O5S. The fraction of sp³-hybridized carbons (Fsp3) is 0.364. The summed E-state index contributed by atoms with van der Waals surface area (Å²) in [5, 5.41) is 10.8. The fourth-order valence-corrected chi connectivity index (χ4v) is 2.05. The Kier molecular flexibility index (Phi) is 4.77. The predicted molar refractivity (Wildman–Crippen MR) is 69.7 cm³/mol. The smallest absolute Gasteiger partial charge is 0.282 e. The summed E-state index contributed by atoms with van der Waals surface area (Å²) in [4.78, 5) is 23.0. The molecule has 0 saturated carbocycles. The molecule has 1 aromatic rings. The van der Waals surface area contributed by atoms with Crippen LogP contribution in [0.15, 0.2) is 18.2 Å². The van der Waals surface area contributed by atoms with Gasteiger partial charge in [0.1, 0.15) is 21.2 Å². The molecule has 110 valence electrons. The van der Waals surface area contributed by atoms with Crippen LogP contribution in [0.4, 0.5) is 10.1 Å². The molecule has 0 aliphatic heterocycles. The van der Waals surface area contributed by atoms with E-state index in [9.17, 15) is 27.7 Å². The third-order valence-corrected chi connectivity index (χ3v) is 3.45. The lowest BCUT2D eigenvalue weighted by Crippen LogP contribution is -2.31. The van der Waals surface area contributed by atoms with E-state index in [1.807, 2.05) is 0 Å². The standard InChI is InChI=1S/C11H13FN2O5S/c1-13(5-6-20(2,18)19)11(15)9-7-8(12)3-4-10(9)14(16)17/h3-4,7H,5-6H2,1-2H3. The van der Waals surface area contributed by atoms with Crippen LogP contribution in [-0.4, -0.2) is 49.7 Å². The first-order chi connectivity index (χ1) is 9.11. The zero-order valence-corrected chi connectivity index (χ0v) is 11.7. The van der Waals surface area contributed by atoms with Gasteiger partial charge in [-0.15, -0.1) is 0 Å². The molecule has 0 bridgehead atoms. The number of benzene rings is 1. The minimum atomic E-state index is -3.27. The van der Waals surface area contributed by atoms with Crippen LogP contribution in [-0.2, 0) is 9.84 Å². The van der Waals surface area contributed by atoms with Gasteiger partial charge in [-0.05, 0) is 12.1 Å². The van der Waals surface area contributed by atoms with Crippen molar-refractivity contribution in [2.75, 3.05) is 25.6 Å². The van der Waals surface area contributed by atoms with Gasteiger partial charge in [-0.1, -0.05) is 0 Å². The van der Waals surface area contributed by atoms with Gasteiger partial charge in [0.2, 0.25) is 0 Å². The number of carbonyl (C=O) groups is 1. The minimum Gasteiger partial charge on any atom is -0.340 e. The first-order valence-electron chi connectivity index (χ1n) is 5.49. The maximum Gasteiger partial charge on any atom is 0.282 e. The number of amides is 1. The summed E-state index contributed by atoms with van der Waals surface area (Å²) in [6.07, 6.45) is 1.01. The zero-order chi connectivity index (χ0) is 15.5. The normalized spacial score (nSPS) is 11.2. The summed E-state index contributed by atoms with van der Waals surface area (Å²) in [6.45, 7) is -0.134. The summed E-state index contributed by atoms with van der Waals surface area (Å²) in [5.74, 6) is -1.87. The summed E-state index contributed by atoms with van der Waals surface area (Å²) in [5.41, 5.74) is -0.936. The second kappa shape index (κ2) is 5.95. The van der Waals surface area contributed by atoms with E-state index in [1.165, 1.54) is 7.05 Å². The Morgan fingerprint density at radius 1 is 1.45 bits per heavy atom. The highest BCUT2D eigenvalue weighted by Gasteiger charge is 2.24. The summed E-state index contributed by atoms with van der Waals surface area (Å²) in [6, 6.07) is 2.54.